The molecule has 1 atom stereocenters. The van der Waals surface area contributed by atoms with Crippen LogP contribution >= 0.6 is 7.60 Å². The van der Waals surface area contributed by atoms with Crippen LogP contribution in [0.1, 0.15) is 53.5 Å². The van der Waals surface area contributed by atoms with E-state index < -0.39 is 36.9 Å². The summed E-state index contributed by atoms with van der Waals surface area (Å²) in [5, 5.41) is 2.47. The minimum Gasteiger partial charge on any atom is -0.467 e. The van der Waals surface area contributed by atoms with Gasteiger partial charge in [-0.05, 0) is 53.5 Å². The number of ether oxygens (including phenoxy) is 2. The van der Waals surface area contributed by atoms with E-state index in [1.165, 1.54) is 7.11 Å². The van der Waals surface area contributed by atoms with Crippen LogP contribution in [0.25, 0.3) is 0 Å². The van der Waals surface area contributed by atoms with Crippen molar-refractivity contribution < 1.29 is 32.7 Å². The van der Waals surface area contributed by atoms with Crippen molar-refractivity contribution in [3.05, 3.63) is 35.9 Å². The second-order valence-electron chi connectivity index (χ2n) is 8.81. The highest BCUT2D eigenvalue weighted by atomic mass is 31.2. The third kappa shape index (κ3) is 10.8. The molecule has 1 rings (SSSR count). The molecule has 1 unspecified atom stereocenters. The lowest BCUT2D eigenvalue weighted by atomic mass is 10.2. The first-order valence-corrected chi connectivity index (χ1v) is 11.5. The molecule has 0 fully saturated rings. The van der Waals surface area contributed by atoms with Gasteiger partial charge in [-0.2, -0.15) is 0 Å². The van der Waals surface area contributed by atoms with Gasteiger partial charge in [0.2, 0.25) is 0 Å². The Bertz CT molecular complexity index is 718. The Kier molecular flexibility index (Phi) is 9.53. The fraction of sp³-hybridized carbons (Fsp3) is 0.619. The molecule has 0 heterocycles. The second kappa shape index (κ2) is 10.9. The summed E-state index contributed by atoms with van der Waals surface area (Å²) in [5.74, 6) is -0.676. The predicted molar refractivity (Wildman–Crippen MR) is 114 cm³/mol. The lowest BCUT2D eigenvalue weighted by Crippen LogP contribution is -2.42. The Morgan fingerprint density at radius 3 is 2.00 bits per heavy atom. The van der Waals surface area contributed by atoms with Crippen molar-refractivity contribution in [3.63, 3.8) is 0 Å². The molecule has 1 aromatic carbocycles. The number of methoxy groups -OCH3 is 1. The number of carbonyl (C=O) groups excluding carboxylic acids is 2. The average molecular weight is 443 g/mol. The van der Waals surface area contributed by atoms with Crippen molar-refractivity contribution in [2.45, 2.75) is 71.8 Å². The molecule has 1 aromatic rings. The molecule has 0 aliphatic heterocycles. The van der Waals surface area contributed by atoms with E-state index in [0.29, 0.717) is 0 Å². The van der Waals surface area contributed by atoms with Crippen molar-refractivity contribution in [1.82, 2.24) is 5.32 Å². The molecular weight excluding hydrogens is 409 g/mol. The van der Waals surface area contributed by atoms with Crippen molar-refractivity contribution >= 4 is 19.7 Å². The summed E-state index contributed by atoms with van der Waals surface area (Å²) in [7, 11) is -2.36. The van der Waals surface area contributed by atoms with Crippen molar-refractivity contribution in [2.75, 3.05) is 13.3 Å². The number of amides is 1. The predicted octanol–water partition coefficient (Wildman–Crippen LogP) is 4.67. The smallest absolute Gasteiger partial charge is 0.408 e. The zero-order valence-corrected chi connectivity index (χ0v) is 19.8. The fourth-order valence-corrected chi connectivity index (χ4v) is 4.99. The van der Waals surface area contributed by atoms with Crippen LogP contribution in [0.3, 0.4) is 0 Å². The van der Waals surface area contributed by atoms with Crippen molar-refractivity contribution in [1.29, 1.82) is 0 Å². The Morgan fingerprint density at radius 1 is 1.00 bits per heavy atom. The summed E-state index contributed by atoms with van der Waals surface area (Å²) in [6, 6.07) is 8.09. The van der Waals surface area contributed by atoms with Crippen LogP contribution in [0.5, 0.6) is 0 Å². The molecule has 0 aromatic heterocycles. The SMILES string of the molecule is COC(=O)C(CCP(=O)(OC(C)(C)C)OC(C)(C)C)NC(=O)OCc1ccccc1. The van der Waals surface area contributed by atoms with Crippen molar-refractivity contribution in [2.24, 2.45) is 0 Å². The summed E-state index contributed by atoms with van der Waals surface area (Å²) in [6.07, 6.45) is -0.867. The summed E-state index contributed by atoms with van der Waals surface area (Å²) < 4.78 is 34.7. The number of esters is 1. The molecule has 0 aliphatic rings. The van der Waals surface area contributed by atoms with E-state index >= 15 is 0 Å². The zero-order chi connectivity index (χ0) is 23.0. The van der Waals surface area contributed by atoms with Gasteiger partial charge in [0.05, 0.1) is 24.5 Å². The van der Waals surface area contributed by atoms with Gasteiger partial charge in [0.25, 0.3) is 0 Å². The van der Waals surface area contributed by atoms with E-state index in [1.54, 1.807) is 41.5 Å². The fourth-order valence-electron chi connectivity index (χ4n) is 2.53. The van der Waals surface area contributed by atoms with Gasteiger partial charge in [0, 0.05) is 0 Å². The van der Waals surface area contributed by atoms with E-state index in [2.05, 4.69) is 5.32 Å². The normalized spacial score (nSPS) is 13.4. The molecule has 170 valence electrons. The minimum atomic E-state index is -3.57. The van der Waals surface area contributed by atoms with Crippen LogP contribution in [-0.4, -0.2) is 42.6 Å². The van der Waals surface area contributed by atoms with Gasteiger partial charge in [-0.3, -0.25) is 4.57 Å². The van der Waals surface area contributed by atoms with E-state index in [0.717, 1.165) is 5.56 Å². The van der Waals surface area contributed by atoms with Gasteiger partial charge < -0.3 is 23.8 Å². The third-order valence-electron chi connectivity index (χ3n) is 3.51. The zero-order valence-electron chi connectivity index (χ0n) is 18.9. The van der Waals surface area contributed by atoms with Crippen molar-refractivity contribution in [3.8, 4) is 0 Å². The molecule has 8 nitrogen and oxygen atoms in total. The Balaban J connectivity index is 2.80. The monoisotopic (exact) mass is 443 g/mol. The first-order valence-electron chi connectivity index (χ1n) is 9.79. The first kappa shape index (κ1) is 26.1. The molecule has 1 N–H and O–H groups in total. The quantitative estimate of drug-likeness (QED) is 0.437. The van der Waals surface area contributed by atoms with Crippen LogP contribution in [0.15, 0.2) is 30.3 Å². The van der Waals surface area contributed by atoms with Crippen LogP contribution in [-0.2, 0) is 34.5 Å². The highest BCUT2D eigenvalue weighted by molar-refractivity contribution is 7.53. The van der Waals surface area contributed by atoms with Crippen LogP contribution < -0.4 is 5.32 Å². The molecule has 0 saturated carbocycles. The molecule has 0 spiro atoms. The molecule has 1 amide bonds. The number of rotatable bonds is 9. The van der Waals surface area contributed by atoms with E-state index in [1.807, 2.05) is 30.3 Å². The van der Waals surface area contributed by atoms with Crippen LogP contribution in [0, 0.1) is 0 Å². The highest BCUT2D eigenvalue weighted by Gasteiger charge is 2.37. The molecular formula is C21H34NO7P. The van der Waals surface area contributed by atoms with Gasteiger partial charge >= 0.3 is 19.7 Å². The maximum absolute atomic E-state index is 13.3. The minimum absolute atomic E-state index is 0.00342. The average Bonchev–Trinajstić information content (AvgIpc) is 2.60. The maximum atomic E-state index is 13.3. The Labute approximate surface area is 179 Å². The van der Waals surface area contributed by atoms with Crippen LogP contribution in [0.4, 0.5) is 4.79 Å². The maximum Gasteiger partial charge on any atom is 0.408 e. The van der Waals surface area contributed by atoms with Gasteiger partial charge in [0.15, 0.2) is 0 Å². The Hall–Kier alpha value is -1.89. The molecule has 0 saturated heterocycles. The number of benzene rings is 1. The second-order valence-corrected chi connectivity index (χ2v) is 10.8. The van der Waals surface area contributed by atoms with E-state index in [9.17, 15) is 14.2 Å². The van der Waals surface area contributed by atoms with E-state index in [-0.39, 0.29) is 19.2 Å². The number of carbonyl (C=O) groups is 2. The summed E-state index contributed by atoms with van der Waals surface area (Å²) in [6.45, 7) is 10.7. The van der Waals surface area contributed by atoms with E-state index in [4.69, 9.17) is 18.5 Å². The first-order chi connectivity index (χ1) is 13.7. The summed E-state index contributed by atoms with van der Waals surface area (Å²) in [5.41, 5.74) is -0.628. The standard InChI is InChI=1S/C21H34NO7P/c1-20(2,3)28-30(25,29-21(4,5)6)14-13-17(18(23)26-7)22-19(24)27-15-16-11-9-8-10-12-16/h8-12,17H,13-15H2,1-7H3,(H,22,24). The molecule has 0 aliphatic carbocycles. The molecule has 0 radical (unpaired) electrons. The highest BCUT2D eigenvalue weighted by Crippen LogP contribution is 2.54. The molecule has 9 heteroatoms. The number of alkyl carbamates (subject to hydrolysis) is 1. The van der Waals surface area contributed by atoms with Gasteiger partial charge in [-0.1, -0.05) is 30.3 Å². The molecule has 30 heavy (non-hydrogen) atoms. The number of hydrogen-bond donors (Lipinski definition) is 1. The third-order valence-corrected chi connectivity index (χ3v) is 5.97. The van der Waals surface area contributed by atoms with Gasteiger partial charge in [-0.15, -0.1) is 0 Å². The topological polar surface area (TPSA) is 100 Å². The van der Waals surface area contributed by atoms with Gasteiger partial charge in [0.1, 0.15) is 12.6 Å². The summed E-state index contributed by atoms with van der Waals surface area (Å²) >= 11 is 0. The Morgan fingerprint density at radius 2 is 1.53 bits per heavy atom. The number of nitrogens with one attached hydrogen (secondary N) is 1. The lowest BCUT2D eigenvalue weighted by molar-refractivity contribution is -0.143. The molecule has 0 bridgehead atoms. The summed E-state index contributed by atoms with van der Waals surface area (Å²) in [4.78, 5) is 24.3. The number of hydrogen-bond acceptors (Lipinski definition) is 7. The van der Waals surface area contributed by atoms with Gasteiger partial charge in [-0.25, -0.2) is 9.59 Å². The lowest BCUT2D eigenvalue weighted by Gasteiger charge is -2.32. The van der Waals surface area contributed by atoms with Crippen LogP contribution in [0.2, 0.25) is 0 Å². The largest absolute Gasteiger partial charge is 0.467 e.